The van der Waals surface area contributed by atoms with Crippen LogP contribution in [0.15, 0.2) is 18.2 Å². The minimum atomic E-state index is -0.842. The average molecular weight is 244 g/mol. The van der Waals surface area contributed by atoms with Crippen LogP contribution < -0.4 is 0 Å². The van der Waals surface area contributed by atoms with E-state index in [4.69, 9.17) is 0 Å². The number of hydrogen-bond donors (Lipinski definition) is 1. The molecule has 0 bridgehead atoms. The molecule has 1 nitrogen and oxygen atoms in total. The average Bonchev–Trinajstić information content (AvgIpc) is 2.77. The molecule has 1 N–H and O–H groups in total. The van der Waals surface area contributed by atoms with E-state index in [9.17, 15) is 13.9 Å². The Kier molecular flexibility index (Phi) is 3.82. The van der Waals surface area contributed by atoms with Gasteiger partial charge in [0.25, 0.3) is 0 Å². The van der Waals surface area contributed by atoms with Crippen molar-refractivity contribution < 1.29 is 13.9 Å². The molecule has 0 aliphatic carbocycles. The van der Waals surface area contributed by atoms with Gasteiger partial charge in [0.05, 0.1) is 6.10 Å². The molecule has 4 heteroatoms. The summed E-state index contributed by atoms with van der Waals surface area (Å²) in [6, 6.07) is 3.81. The van der Waals surface area contributed by atoms with E-state index in [1.165, 1.54) is 12.1 Å². The zero-order chi connectivity index (χ0) is 11.5. The first kappa shape index (κ1) is 11.9. The quantitative estimate of drug-likeness (QED) is 0.882. The van der Waals surface area contributed by atoms with Gasteiger partial charge in [-0.1, -0.05) is 6.07 Å². The van der Waals surface area contributed by atoms with E-state index < -0.39 is 17.7 Å². The zero-order valence-corrected chi connectivity index (χ0v) is 9.64. The Morgan fingerprint density at radius 1 is 1.38 bits per heavy atom. The Morgan fingerprint density at radius 3 is 2.81 bits per heavy atom. The fourth-order valence-electron chi connectivity index (χ4n) is 1.93. The molecule has 1 fully saturated rings. The van der Waals surface area contributed by atoms with Crippen LogP contribution in [-0.2, 0) is 6.42 Å². The Hall–Kier alpha value is -0.610. The Morgan fingerprint density at radius 2 is 2.19 bits per heavy atom. The first-order chi connectivity index (χ1) is 7.66. The monoisotopic (exact) mass is 244 g/mol. The zero-order valence-electron chi connectivity index (χ0n) is 8.83. The summed E-state index contributed by atoms with van der Waals surface area (Å²) in [6.07, 6.45) is 0.970. The third-order valence-corrected chi connectivity index (χ3v) is 4.13. The molecule has 1 aromatic rings. The van der Waals surface area contributed by atoms with Gasteiger partial charge in [-0.3, -0.25) is 0 Å². The van der Waals surface area contributed by atoms with Crippen molar-refractivity contribution in [3.8, 4) is 0 Å². The molecule has 0 radical (unpaired) electrons. The van der Waals surface area contributed by atoms with E-state index in [1.54, 1.807) is 0 Å². The number of aliphatic hydroxyl groups is 1. The van der Waals surface area contributed by atoms with E-state index in [0.717, 1.165) is 24.0 Å². The number of hydrogen-bond acceptors (Lipinski definition) is 2. The van der Waals surface area contributed by atoms with E-state index in [-0.39, 0.29) is 5.92 Å². The largest absolute Gasteiger partial charge is 0.392 e. The standard InChI is InChI=1S/C12H14F2OS/c13-10-2-1-8(5-11(10)14)6-12(15)9-3-4-16-7-9/h1-2,5,9,12,15H,3-4,6-7H2. The first-order valence-corrected chi connectivity index (χ1v) is 6.52. The van der Waals surface area contributed by atoms with Crippen LogP contribution in [0.3, 0.4) is 0 Å². The summed E-state index contributed by atoms with van der Waals surface area (Å²) in [4.78, 5) is 0. The second kappa shape index (κ2) is 5.15. The third kappa shape index (κ3) is 2.74. The molecule has 1 aliphatic rings. The van der Waals surface area contributed by atoms with Crippen molar-refractivity contribution in [1.82, 2.24) is 0 Å². The SMILES string of the molecule is OC(Cc1ccc(F)c(F)c1)C1CCSC1. The topological polar surface area (TPSA) is 20.2 Å². The lowest BCUT2D eigenvalue weighted by Crippen LogP contribution is -2.22. The van der Waals surface area contributed by atoms with Crippen molar-refractivity contribution in [2.24, 2.45) is 5.92 Å². The minimum Gasteiger partial charge on any atom is -0.392 e. The summed E-state index contributed by atoms with van der Waals surface area (Å²) in [5.74, 6) is 0.655. The molecule has 1 saturated heterocycles. The van der Waals surface area contributed by atoms with Crippen LogP contribution in [0, 0.1) is 17.6 Å². The molecular formula is C12H14F2OS. The van der Waals surface area contributed by atoms with Gasteiger partial charge >= 0.3 is 0 Å². The van der Waals surface area contributed by atoms with Gasteiger partial charge in [0.15, 0.2) is 11.6 Å². The van der Waals surface area contributed by atoms with E-state index in [1.807, 2.05) is 11.8 Å². The predicted octanol–water partition coefficient (Wildman–Crippen LogP) is 2.62. The lowest BCUT2D eigenvalue weighted by atomic mass is 9.96. The number of aliphatic hydroxyl groups excluding tert-OH is 1. The highest BCUT2D eigenvalue weighted by Gasteiger charge is 2.23. The molecular weight excluding hydrogens is 230 g/mol. The summed E-state index contributed by atoms with van der Waals surface area (Å²) in [5, 5.41) is 9.93. The third-order valence-electron chi connectivity index (χ3n) is 2.94. The van der Waals surface area contributed by atoms with Crippen molar-refractivity contribution >= 4 is 11.8 Å². The maximum absolute atomic E-state index is 12.9. The molecule has 16 heavy (non-hydrogen) atoms. The maximum atomic E-state index is 12.9. The molecule has 0 amide bonds. The van der Waals surface area contributed by atoms with Crippen LogP contribution in [0.1, 0.15) is 12.0 Å². The molecule has 0 aromatic heterocycles. The van der Waals surface area contributed by atoms with Crippen LogP contribution in [0.4, 0.5) is 8.78 Å². The van der Waals surface area contributed by atoms with Gasteiger partial charge in [-0.05, 0) is 48.0 Å². The van der Waals surface area contributed by atoms with Gasteiger partial charge in [0.1, 0.15) is 0 Å². The van der Waals surface area contributed by atoms with Crippen molar-refractivity contribution in [3.63, 3.8) is 0 Å². The first-order valence-electron chi connectivity index (χ1n) is 5.36. The van der Waals surface area contributed by atoms with Crippen molar-refractivity contribution in [1.29, 1.82) is 0 Å². The molecule has 2 atom stereocenters. The van der Waals surface area contributed by atoms with Gasteiger partial charge in [-0.15, -0.1) is 0 Å². The smallest absolute Gasteiger partial charge is 0.159 e. The van der Waals surface area contributed by atoms with E-state index >= 15 is 0 Å². The minimum absolute atomic E-state index is 0.290. The summed E-state index contributed by atoms with van der Waals surface area (Å²) < 4.78 is 25.6. The molecule has 2 unspecified atom stereocenters. The highest BCUT2D eigenvalue weighted by molar-refractivity contribution is 7.99. The molecule has 0 saturated carbocycles. The molecule has 1 aromatic carbocycles. The summed E-state index contributed by atoms with van der Waals surface area (Å²) in [6.45, 7) is 0. The highest BCUT2D eigenvalue weighted by atomic mass is 32.2. The van der Waals surface area contributed by atoms with Gasteiger partial charge in [0.2, 0.25) is 0 Å². The number of thioether (sulfide) groups is 1. The Bertz CT molecular complexity index is 364. The van der Waals surface area contributed by atoms with Gasteiger partial charge in [0, 0.05) is 0 Å². The molecule has 2 rings (SSSR count). The van der Waals surface area contributed by atoms with Crippen molar-refractivity contribution in [2.45, 2.75) is 18.9 Å². The van der Waals surface area contributed by atoms with Gasteiger partial charge in [-0.2, -0.15) is 11.8 Å². The predicted molar refractivity (Wildman–Crippen MR) is 61.5 cm³/mol. The van der Waals surface area contributed by atoms with E-state index in [2.05, 4.69) is 0 Å². The molecule has 0 spiro atoms. The molecule has 1 aliphatic heterocycles. The summed E-state index contributed by atoms with van der Waals surface area (Å²) in [5.41, 5.74) is 0.656. The van der Waals surface area contributed by atoms with Crippen LogP contribution in [0.2, 0.25) is 0 Å². The highest BCUT2D eigenvalue weighted by Crippen LogP contribution is 2.27. The number of rotatable bonds is 3. The number of halogens is 2. The summed E-state index contributed by atoms with van der Waals surface area (Å²) in [7, 11) is 0. The lowest BCUT2D eigenvalue weighted by Gasteiger charge is -2.16. The van der Waals surface area contributed by atoms with Crippen LogP contribution >= 0.6 is 11.8 Å². The van der Waals surface area contributed by atoms with E-state index in [0.29, 0.717) is 12.0 Å². The second-order valence-corrected chi connectivity index (χ2v) is 5.29. The van der Waals surface area contributed by atoms with Crippen LogP contribution in [-0.4, -0.2) is 22.7 Å². The Balaban J connectivity index is 1.99. The molecule has 88 valence electrons. The normalized spacial score (nSPS) is 22.3. The van der Waals surface area contributed by atoms with Crippen molar-refractivity contribution in [2.75, 3.05) is 11.5 Å². The fraction of sp³-hybridized carbons (Fsp3) is 0.500. The van der Waals surface area contributed by atoms with Crippen LogP contribution in [0.5, 0.6) is 0 Å². The second-order valence-electron chi connectivity index (χ2n) is 4.14. The number of benzene rings is 1. The summed E-state index contributed by atoms with van der Waals surface area (Å²) >= 11 is 1.83. The van der Waals surface area contributed by atoms with Crippen molar-refractivity contribution in [3.05, 3.63) is 35.4 Å². The fourth-order valence-corrected chi connectivity index (χ4v) is 3.26. The Labute approximate surface area is 97.9 Å². The van der Waals surface area contributed by atoms with Gasteiger partial charge < -0.3 is 5.11 Å². The van der Waals surface area contributed by atoms with Gasteiger partial charge in [-0.25, -0.2) is 8.78 Å². The van der Waals surface area contributed by atoms with Crippen LogP contribution in [0.25, 0.3) is 0 Å². The molecule has 1 heterocycles. The lowest BCUT2D eigenvalue weighted by molar-refractivity contribution is 0.120. The maximum Gasteiger partial charge on any atom is 0.159 e.